The molecule has 0 saturated carbocycles. The highest BCUT2D eigenvalue weighted by Gasteiger charge is 2.22. The molecule has 0 saturated heterocycles. The molecule has 0 aliphatic carbocycles. The summed E-state index contributed by atoms with van der Waals surface area (Å²) < 4.78 is 14.9. The van der Waals surface area contributed by atoms with E-state index in [0.717, 1.165) is 63.7 Å². The predicted molar refractivity (Wildman–Crippen MR) is 151 cm³/mol. The van der Waals surface area contributed by atoms with Crippen molar-refractivity contribution < 1.29 is 24.0 Å². The van der Waals surface area contributed by atoms with Crippen LogP contribution in [0, 0.1) is 5.92 Å². The fourth-order valence-corrected chi connectivity index (χ4v) is 4.49. The Kier molecular flexibility index (Phi) is 27.3. The third kappa shape index (κ3) is 32.0. The highest BCUT2D eigenvalue weighted by atomic mass is 31.2. The molecule has 6 nitrogen and oxygen atoms in total. The van der Waals surface area contributed by atoms with Crippen molar-refractivity contribution in [3.63, 3.8) is 0 Å². The van der Waals surface area contributed by atoms with Crippen LogP contribution in [0.5, 0.6) is 0 Å². The molecule has 0 aliphatic rings. The van der Waals surface area contributed by atoms with Gasteiger partial charge in [0.15, 0.2) is 0 Å². The van der Waals surface area contributed by atoms with E-state index in [4.69, 9.17) is 15.5 Å². The first-order valence-corrected chi connectivity index (χ1v) is 16.3. The van der Waals surface area contributed by atoms with Crippen LogP contribution in [0.25, 0.3) is 0 Å². The molecule has 0 spiro atoms. The van der Waals surface area contributed by atoms with Gasteiger partial charge in [0.2, 0.25) is 0 Å². The van der Waals surface area contributed by atoms with Crippen LogP contribution in [-0.4, -0.2) is 33.6 Å². The molecule has 7 heteroatoms. The Morgan fingerprint density at radius 1 is 0.714 bits per heavy atom. The molecule has 0 unspecified atom stereocenters. The predicted octanol–water partition coefficient (Wildman–Crippen LogP) is 8.27. The lowest BCUT2D eigenvalue weighted by Crippen LogP contribution is -2.37. The van der Waals surface area contributed by atoms with Gasteiger partial charge in [-0.25, -0.2) is 4.57 Å². The van der Waals surface area contributed by atoms with Gasteiger partial charge in [0.05, 0.1) is 12.2 Å². The number of aliphatic hydroxyl groups is 1. The van der Waals surface area contributed by atoms with Gasteiger partial charge in [0.1, 0.15) is 0 Å². The lowest BCUT2D eigenvalue weighted by atomic mass is 9.91. The maximum absolute atomic E-state index is 10.5. The van der Waals surface area contributed by atoms with Crippen molar-refractivity contribution in [1.29, 1.82) is 0 Å². The van der Waals surface area contributed by atoms with E-state index >= 15 is 0 Å². The largest absolute Gasteiger partial charge is 0.469 e. The molecule has 0 rings (SSSR count). The van der Waals surface area contributed by atoms with Gasteiger partial charge in [-0.15, -0.1) is 0 Å². The Bertz CT molecular complexity index is 462. The smallest absolute Gasteiger partial charge is 0.389 e. The summed E-state index contributed by atoms with van der Waals surface area (Å²) in [6.45, 7) is 9.45. The van der Waals surface area contributed by atoms with E-state index in [0.29, 0.717) is 6.54 Å². The van der Waals surface area contributed by atoms with E-state index in [1.807, 2.05) is 0 Å². The van der Waals surface area contributed by atoms with Gasteiger partial charge in [0, 0.05) is 6.54 Å². The van der Waals surface area contributed by atoms with Crippen molar-refractivity contribution in [1.82, 2.24) is 0 Å². The van der Waals surface area contributed by atoms with E-state index in [1.165, 1.54) is 70.6 Å². The molecule has 0 heterocycles. The molecule has 35 heavy (non-hydrogen) atoms. The fourth-order valence-electron chi connectivity index (χ4n) is 4.12. The normalized spacial score (nSPS) is 12.1. The van der Waals surface area contributed by atoms with Crippen molar-refractivity contribution >= 4 is 7.82 Å². The molecule has 0 aromatic carbocycles. The molecule has 0 aromatic rings. The summed E-state index contributed by atoms with van der Waals surface area (Å²) in [4.78, 5) is 17.1. The van der Waals surface area contributed by atoms with E-state index in [9.17, 15) is 9.67 Å². The van der Waals surface area contributed by atoms with Crippen LogP contribution in [0.2, 0.25) is 0 Å². The van der Waals surface area contributed by atoms with Crippen molar-refractivity contribution in [3.05, 3.63) is 0 Å². The minimum absolute atomic E-state index is 0.168. The molecule has 5 N–H and O–H groups in total. The molecule has 214 valence electrons. The molecule has 0 fully saturated rings. The zero-order valence-corrected chi connectivity index (χ0v) is 24.7. The highest BCUT2D eigenvalue weighted by Crippen LogP contribution is 2.35. The van der Waals surface area contributed by atoms with Gasteiger partial charge in [-0.3, -0.25) is 4.52 Å². The first-order valence-electron chi connectivity index (χ1n) is 14.7. The van der Waals surface area contributed by atoms with Crippen LogP contribution in [0.4, 0.5) is 0 Å². The molecular formula is C28H62NO5P. The van der Waals surface area contributed by atoms with Crippen molar-refractivity contribution in [3.8, 4) is 0 Å². The number of phosphoric ester groups is 1. The maximum Gasteiger partial charge on any atom is 0.469 e. The van der Waals surface area contributed by atoms with Gasteiger partial charge in [-0.05, 0) is 25.2 Å². The van der Waals surface area contributed by atoms with E-state index in [2.05, 4.69) is 32.2 Å². The van der Waals surface area contributed by atoms with Crippen molar-refractivity contribution in [2.45, 2.75) is 162 Å². The van der Waals surface area contributed by atoms with Gasteiger partial charge in [0.25, 0.3) is 0 Å². The number of unbranched alkanes of at least 4 members (excludes halogenated alkanes) is 14. The zero-order valence-electron chi connectivity index (χ0n) is 23.8. The molecular weight excluding hydrogens is 461 g/mol. The summed E-state index contributed by atoms with van der Waals surface area (Å²) >= 11 is 0. The summed E-state index contributed by atoms with van der Waals surface area (Å²) in [6.07, 6.45) is 24.0. The Hall–Kier alpha value is 0.0300. The quantitative estimate of drug-likeness (QED) is 0.0748. The van der Waals surface area contributed by atoms with Crippen LogP contribution in [0.3, 0.4) is 0 Å². The van der Waals surface area contributed by atoms with Gasteiger partial charge >= 0.3 is 7.82 Å². The summed E-state index contributed by atoms with van der Waals surface area (Å²) in [5, 5.41) is 9.96. The van der Waals surface area contributed by atoms with Crippen molar-refractivity contribution in [2.24, 2.45) is 11.7 Å². The summed E-state index contributed by atoms with van der Waals surface area (Å²) in [5.41, 5.74) is 4.96. The number of hydrogen-bond acceptors (Lipinski definition) is 4. The Morgan fingerprint density at radius 2 is 1.09 bits per heavy atom. The molecule has 0 atom stereocenters. The Morgan fingerprint density at radius 3 is 1.40 bits per heavy atom. The first kappa shape index (κ1) is 37.2. The van der Waals surface area contributed by atoms with E-state index in [-0.39, 0.29) is 6.61 Å². The maximum atomic E-state index is 10.5. The second-order valence-electron chi connectivity index (χ2n) is 10.7. The zero-order chi connectivity index (χ0) is 26.8. The fraction of sp³-hybridized carbons (Fsp3) is 1.00. The van der Waals surface area contributed by atoms with Crippen LogP contribution in [-0.2, 0) is 9.09 Å². The third-order valence-electron chi connectivity index (χ3n) is 6.56. The van der Waals surface area contributed by atoms with Gasteiger partial charge in [-0.1, -0.05) is 137 Å². The van der Waals surface area contributed by atoms with Crippen LogP contribution >= 0.6 is 7.82 Å². The molecule has 0 bridgehead atoms. The standard InChI is InChI=1S/C18H39O4P.C10H23NO/c1-18(2)16-14-12-10-8-6-4-3-5-7-9-11-13-15-17-22-23(19,20)21;1-3-5-7-10(12,9-11)8-6-4-2/h18H,3-17H2,1-2H3,(H2,19,20,21);12H,3-9,11H2,1-2H3. The lowest BCUT2D eigenvalue weighted by Gasteiger charge is -2.26. The SMILES string of the molecule is CC(C)CCCCCCCCCCCCCCCOP(=O)(O)O.CCCCC(O)(CN)CCCC. The Balaban J connectivity index is 0. The number of hydrogen-bond donors (Lipinski definition) is 4. The number of nitrogens with two attached hydrogens (primary N) is 1. The summed E-state index contributed by atoms with van der Waals surface area (Å²) in [5.74, 6) is 0.855. The van der Waals surface area contributed by atoms with Crippen LogP contribution in [0.1, 0.15) is 156 Å². The van der Waals surface area contributed by atoms with Crippen LogP contribution < -0.4 is 5.73 Å². The lowest BCUT2D eigenvalue weighted by molar-refractivity contribution is 0.0273. The minimum Gasteiger partial charge on any atom is -0.389 e. The topological polar surface area (TPSA) is 113 Å². The second kappa shape index (κ2) is 25.7. The van der Waals surface area contributed by atoms with E-state index in [1.54, 1.807) is 0 Å². The average molecular weight is 524 g/mol. The number of rotatable bonds is 24. The van der Waals surface area contributed by atoms with E-state index < -0.39 is 13.4 Å². The third-order valence-corrected chi connectivity index (χ3v) is 7.08. The van der Waals surface area contributed by atoms with Gasteiger partial charge in [-0.2, -0.15) is 0 Å². The second-order valence-corrected chi connectivity index (χ2v) is 12.0. The average Bonchev–Trinajstić information content (AvgIpc) is 2.80. The Labute approximate surface area is 218 Å². The number of phosphoric acid groups is 1. The molecule has 0 radical (unpaired) electrons. The monoisotopic (exact) mass is 523 g/mol. The van der Waals surface area contributed by atoms with Crippen molar-refractivity contribution in [2.75, 3.05) is 13.2 Å². The molecule has 0 amide bonds. The molecule has 0 aromatic heterocycles. The summed E-state index contributed by atoms with van der Waals surface area (Å²) in [6, 6.07) is 0. The first-order chi connectivity index (χ1) is 16.6. The van der Waals surface area contributed by atoms with Gasteiger partial charge < -0.3 is 20.6 Å². The highest BCUT2D eigenvalue weighted by molar-refractivity contribution is 7.46. The summed E-state index contributed by atoms with van der Waals surface area (Å²) in [7, 11) is -4.26. The minimum atomic E-state index is -4.26. The van der Waals surface area contributed by atoms with Crippen LogP contribution in [0.15, 0.2) is 0 Å². The molecule has 0 aliphatic heterocycles.